The number of carbonyl (C=O) groups is 1. The number of Topliss-reactive ketones (excluding diaryl/α,β-unsaturated/α-hetero) is 1. The summed E-state index contributed by atoms with van der Waals surface area (Å²) in [6.07, 6.45) is 1.89. The Morgan fingerprint density at radius 3 is 2.36 bits per heavy atom. The molecule has 4 fully saturated rings. The van der Waals surface area contributed by atoms with Gasteiger partial charge in [-0.15, -0.1) is 0 Å². The molecule has 0 aromatic heterocycles. The number of aliphatic hydroxyl groups excluding tert-OH is 1. The molecule has 0 radical (unpaired) electrons. The number of carbonyl (C=O) groups excluding carboxylic acids is 1. The standard InChI is InChI=1S/C25H40O8/c1-15-9-24-10-18(31-12-28-4)25(33-14-30-6)11-23(2,3)21(27)19(25)20(26)17(24)8-7-16(15)22(24)32-13-29-5/h16-20,22,26H,1,7-14H2,2-6H3/t16?,17?,18-,19?,20?,22?,24?,25?/m1/s1. The number of rotatable bonds is 9. The highest BCUT2D eigenvalue weighted by Crippen LogP contribution is 2.66. The lowest BCUT2D eigenvalue weighted by Gasteiger charge is -2.48. The summed E-state index contributed by atoms with van der Waals surface area (Å²) in [5.74, 6) is -0.642. The lowest BCUT2D eigenvalue weighted by Crippen LogP contribution is -2.54. The molecular weight excluding hydrogens is 428 g/mol. The summed E-state index contributed by atoms with van der Waals surface area (Å²) >= 11 is 0. The van der Waals surface area contributed by atoms with Crippen molar-refractivity contribution in [1.82, 2.24) is 0 Å². The van der Waals surface area contributed by atoms with E-state index in [1.807, 2.05) is 13.8 Å². The number of ketones is 1. The zero-order valence-electron chi connectivity index (χ0n) is 20.6. The van der Waals surface area contributed by atoms with Crippen LogP contribution in [0.4, 0.5) is 0 Å². The Kier molecular flexibility index (Phi) is 7.11. The first-order chi connectivity index (χ1) is 15.7. The molecule has 4 saturated carbocycles. The smallest absolute Gasteiger partial charge is 0.147 e. The van der Waals surface area contributed by atoms with Crippen molar-refractivity contribution < 1.29 is 38.3 Å². The second kappa shape index (κ2) is 9.30. The predicted molar refractivity (Wildman–Crippen MR) is 119 cm³/mol. The summed E-state index contributed by atoms with van der Waals surface area (Å²) in [6.45, 7) is 8.47. The second-order valence-corrected chi connectivity index (χ2v) is 11.0. The Labute approximate surface area is 196 Å². The van der Waals surface area contributed by atoms with E-state index in [0.717, 1.165) is 24.8 Å². The predicted octanol–water partition coefficient (Wildman–Crippen LogP) is 2.68. The molecular formula is C25H40O8. The van der Waals surface area contributed by atoms with Crippen molar-refractivity contribution in [3.05, 3.63) is 12.2 Å². The summed E-state index contributed by atoms with van der Waals surface area (Å²) in [7, 11) is 4.75. The molecule has 4 aliphatic rings. The zero-order chi connectivity index (χ0) is 24.0. The van der Waals surface area contributed by atoms with Crippen molar-refractivity contribution >= 4 is 5.78 Å². The largest absolute Gasteiger partial charge is 0.392 e. The molecule has 0 aromatic carbocycles. The van der Waals surface area contributed by atoms with Crippen LogP contribution >= 0.6 is 0 Å². The van der Waals surface area contributed by atoms with Crippen LogP contribution in [0.25, 0.3) is 0 Å². The van der Waals surface area contributed by atoms with Crippen LogP contribution in [-0.2, 0) is 33.2 Å². The minimum absolute atomic E-state index is 0.00995. The highest BCUT2D eigenvalue weighted by Gasteiger charge is 2.72. The molecule has 4 aliphatic carbocycles. The summed E-state index contributed by atoms with van der Waals surface area (Å²) in [4.78, 5) is 13.8. The SMILES string of the molecule is C=C1CC23C[C@@H](OCOC)C4(OCOC)CC(C)(C)C(=O)C4C(O)C2CCC1C3OCOC. The lowest BCUT2D eigenvalue weighted by molar-refractivity contribution is -0.233. The monoisotopic (exact) mass is 468 g/mol. The Bertz CT molecular complexity index is 753. The maximum absolute atomic E-state index is 13.8. The molecule has 0 heterocycles. The van der Waals surface area contributed by atoms with Crippen LogP contribution in [-0.4, -0.2) is 76.5 Å². The summed E-state index contributed by atoms with van der Waals surface area (Å²) in [5.41, 5.74) is -0.955. The van der Waals surface area contributed by atoms with E-state index in [4.69, 9.17) is 28.4 Å². The van der Waals surface area contributed by atoms with Crippen LogP contribution in [0.15, 0.2) is 12.2 Å². The second-order valence-electron chi connectivity index (χ2n) is 11.0. The Morgan fingerprint density at radius 1 is 1.03 bits per heavy atom. The Balaban J connectivity index is 1.85. The van der Waals surface area contributed by atoms with E-state index in [0.29, 0.717) is 12.8 Å². The van der Waals surface area contributed by atoms with E-state index < -0.39 is 34.6 Å². The van der Waals surface area contributed by atoms with E-state index in [-0.39, 0.29) is 44.1 Å². The fourth-order valence-corrected chi connectivity index (χ4v) is 7.68. The number of ether oxygens (including phenoxy) is 6. The number of aliphatic hydroxyl groups is 1. The molecule has 7 unspecified atom stereocenters. The molecule has 1 spiro atoms. The van der Waals surface area contributed by atoms with Crippen LogP contribution in [0.1, 0.15) is 46.0 Å². The van der Waals surface area contributed by atoms with Gasteiger partial charge in [-0.3, -0.25) is 4.79 Å². The number of fused-ring (bicyclic) bond motifs is 2. The molecule has 0 aliphatic heterocycles. The van der Waals surface area contributed by atoms with E-state index in [1.165, 1.54) is 0 Å². The number of hydrogen-bond acceptors (Lipinski definition) is 8. The molecule has 1 N–H and O–H groups in total. The van der Waals surface area contributed by atoms with Gasteiger partial charge in [-0.2, -0.15) is 0 Å². The maximum atomic E-state index is 13.8. The van der Waals surface area contributed by atoms with Gasteiger partial charge in [-0.05, 0) is 38.0 Å². The van der Waals surface area contributed by atoms with E-state index in [1.54, 1.807) is 21.3 Å². The third-order valence-corrected chi connectivity index (χ3v) is 8.80. The van der Waals surface area contributed by atoms with Gasteiger partial charge >= 0.3 is 0 Å². The first-order valence-electron chi connectivity index (χ1n) is 11.9. The van der Waals surface area contributed by atoms with E-state index in [9.17, 15) is 9.90 Å². The molecule has 8 atom stereocenters. The molecule has 0 aromatic rings. The topological polar surface area (TPSA) is 92.7 Å². The van der Waals surface area contributed by atoms with Gasteiger partial charge in [0.05, 0.1) is 24.2 Å². The van der Waals surface area contributed by atoms with Crippen LogP contribution < -0.4 is 0 Å². The highest BCUT2D eigenvalue weighted by atomic mass is 16.7. The average molecular weight is 469 g/mol. The Hall–Kier alpha value is -0.870. The van der Waals surface area contributed by atoms with Gasteiger partial charge in [0.15, 0.2) is 0 Å². The van der Waals surface area contributed by atoms with Gasteiger partial charge in [0.1, 0.15) is 31.8 Å². The first kappa shape index (κ1) is 25.2. The Morgan fingerprint density at radius 2 is 1.70 bits per heavy atom. The minimum atomic E-state index is -1.02. The average Bonchev–Trinajstić information content (AvgIpc) is 3.04. The fraction of sp³-hybridized carbons (Fsp3) is 0.880. The normalized spacial score (nSPS) is 43.9. The van der Waals surface area contributed by atoms with Crippen LogP contribution in [0.5, 0.6) is 0 Å². The van der Waals surface area contributed by atoms with Crippen LogP contribution in [0.3, 0.4) is 0 Å². The molecule has 4 rings (SSSR count). The molecule has 0 saturated heterocycles. The molecule has 33 heavy (non-hydrogen) atoms. The molecule has 188 valence electrons. The third kappa shape index (κ3) is 3.82. The summed E-state index contributed by atoms with van der Waals surface area (Å²) in [6, 6.07) is 0. The van der Waals surface area contributed by atoms with Crippen molar-refractivity contribution in [3.63, 3.8) is 0 Å². The van der Waals surface area contributed by atoms with Crippen molar-refractivity contribution in [3.8, 4) is 0 Å². The van der Waals surface area contributed by atoms with Gasteiger partial charge in [-0.1, -0.05) is 26.0 Å². The summed E-state index contributed by atoms with van der Waals surface area (Å²) < 4.78 is 34.8. The highest BCUT2D eigenvalue weighted by molar-refractivity contribution is 5.91. The van der Waals surface area contributed by atoms with Gasteiger partial charge in [0.2, 0.25) is 0 Å². The fourth-order valence-electron chi connectivity index (χ4n) is 7.68. The van der Waals surface area contributed by atoms with Crippen LogP contribution in [0, 0.1) is 28.6 Å². The van der Waals surface area contributed by atoms with Crippen molar-refractivity contribution in [2.24, 2.45) is 28.6 Å². The van der Waals surface area contributed by atoms with Crippen LogP contribution in [0.2, 0.25) is 0 Å². The van der Waals surface area contributed by atoms with Crippen molar-refractivity contribution in [1.29, 1.82) is 0 Å². The van der Waals surface area contributed by atoms with Gasteiger partial charge in [0, 0.05) is 38.1 Å². The van der Waals surface area contributed by atoms with Gasteiger partial charge < -0.3 is 33.5 Å². The van der Waals surface area contributed by atoms with Gasteiger partial charge in [-0.25, -0.2) is 0 Å². The van der Waals surface area contributed by atoms with Crippen molar-refractivity contribution in [2.45, 2.75) is 69.9 Å². The molecule has 8 nitrogen and oxygen atoms in total. The first-order valence-corrected chi connectivity index (χ1v) is 11.9. The van der Waals surface area contributed by atoms with E-state index >= 15 is 0 Å². The molecule has 0 amide bonds. The van der Waals surface area contributed by atoms with E-state index in [2.05, 4.69) is 6.58 Å². The summed E-state index contributed by atoms with van der Waals surface area (Å²) in [5, 5.41) is 12.0. The molecule has 8 heteroatoms. The number of hydrogen-bond donors (Lipinski definition) is 1. The maximum Gasteiger partial charge on any atom is 0.147 e. The quantitative estimate of drug-likeness (QED) is 0.408. The van der Waals surface area contributed by atoms with Crippen molar-refractivity contribution in [2.75, 3.05) is 41.7 Å². The zero-order valence-corrected chi connectivity index (χ0v) is 20.6. The lowest BCUT2D eigenvalue weighted by atomic mass is 9.61. The minimum Gasteiger partial charge on any atom is -0.392 e. The third-order valence-electron chi connectivity index (χ3n) is 8.80. The molecule has 2 bridgehead atoms. The number of methoxy groups -OCH3 is 3. The van der Waals surface area contributed by atoms with Gasteiger partial charge in [0.25, 0.3) is 0 Å².